The quantitative estimate of drug-likeness (QED) is 0.786. The first-order valence-corrected chi connectivity index (χ1v) is 5.21. The third-order valence-electron chi connectivity index (χ3n) is 1.62. The van der Waals surface area contributed by atoms with Gasteiger partial charge in [0.15, 0.2) is 0 Å². The summed E-state index contributed by atoms with van der Waals surface area (Å²) >= 11 is 9.07. The van der Waals surface area contributed by atoms with Crippen molar-refractivity contribution in [2.24, 2.45) is 0 Å². The van der Waals surface area contributed by atoms with E-state index < -0.39 is 0 Å². The third kappa shape index (κ3) is 2.81. The van der Waals surface area contributed by atoms with Crippen LogP contribution in [-0.4, -0.2) is 23.6 Å². The second-order valence-electron chi connectivity index (χ2n) is 2.73. The number of nitrogens with zero attached hydrogens (tertiary/aromatic N) is 3. The normalized spacial score (nSPS) is 10.2. The lowest BCUT2D eigenvalue weighted by Crippen LogP contribution is -2.19. The van der Waals surface area contributed by atoms with Crippen molar-refractivity contribution in [3.05, 3.63) is 16.0 Å². The molecule has 0 bridgehead atoms. The van der Waals surface area contributed by atoms with Gasteiger partial charge < -0.3 is 4.90 Å². The molecular weight excluding hydrogens is 253 g/mol. The Hall–Kier alpha value is -0.350. The van der Waals surface area contributed by atoms with E-state index in [9.17, 15) is 0 Å². The molecule has 0 aliphatic carbocycles. The molecule has 13 heavy (non-hydrogen) atoms. The lowest BCUT2D eigenvalue weighted by molar-refractivity contribution is 0.831. The van der Waals surface area contributed by atoms with Crippen molar-refractivity contribution in [2.45, 2.75) is 13.3 Å². The lowest BCUT2D eigenvalue weighted by atomic mass is 10.4. The maximum Gasteiger partial charge on any atom is 0.224 e. The average Bonchev–Trinajstić information content (AvgIpc) is 2.09. The standard InChI is InChI=1S/C8H11BrClN3/c1-3-4-13(2)7-6(9)5-11-8(10)12-7/h5H,3-4H2,1-2H3. The van der Waals surface area contributed by atoms with E-state index in [1.165, 1.54) is 0 Å². The molecule has 0 N–H and O–H groups in total. The number of hydrogen-bond donors (Lipinski definition) is 0. The first-order valence-electron chi connectivity index (χ1n) is 4.04. The Balaban J connectivity index is 2.91. The molecule has 0 atom stereocenters. The number of anilines is 1. The van der Waals surface area contributed by atoms with Crippen molar-refractivity contribution in [1.82, 2.24) is 9.97 Å². The Labute approximate surface area is 91.3 Å². The Morgan fingerprint density at radius 1 is 1.62 bits per heavy atom. The van der Waals surface area contributed by atoms with Crippen LogP contribution in [0.1, 0.15) is 13.3 Å². The van der Waals surface area contributed by atoms with Crippen LogP contribution in [-0.2, 0) is 0 Å². The Bertz CT molecular complexity index is 293. The van der Waals surface area contributed by atoms with Gasteiger partial charge in [0.2, 0.25) is 5.28 Å². The van der Waals surface area contributed by atoms with Crippen molar-refractivity contribution in [3.63, 3.8) is 0 Å². The van der Waals surface area contributed by atoms with Crippen LogP contribution in [0, 0.1) is 0 Å². The number of hydrogen-bond acceptors (Lipinski definition) is 3. The van der Waals surface area contributed by atoms with Crippen LogP contribution in [0.15, 0.2) is 10.7 Å². The minimum Gasteiger partial charge on any atom is -0.359 e. The van der Waals surface area contributed by atoms with E-state index in [0.717, 1.165) is 23.3 Å². The summed E-state index contributed by atoms with van der Waals surface area (Å²) in [5.74, 6) is 0.835. The van der Waals surface area contributed by atoms with Crippen LogP contribution in [0.25, 0.3) is 0 Å². The molecule has 1 aromatic rings. The highest BCUT2D eigenvalue weighted by Crippen LogP contribution is 2.23. The second kappa shape index (κ2) is 4.77. The molecule has 0 saturated carbocycles. The number of rotatable bonds is 3. The van der Waals surface area contributed by atoms with Gasteiger partial charge in [-0.05, 0) is 34.0 Å². The Kier molecular flexibility index (Phi) is 3.93. The molecule has 0 fully saturated rings. The van der Waals surface area contributed by atoms with Gasteiger partial charge in [0.25, 0.3) is 0 Å². The van der Waals surface area contributed by atoms with Crippen LogP contribution < -0.4 is 4.90 Å². The van der Waals surface area contributed by atoms with Crippen LogP contribution in [0.3, 0.4) is 0 Å². The molecule has 1 heterocycles. The minimum atomic E-state index is 0.279. The van der Waals surface area contributed by atoms with Gasteiger partial charge in [-0.15, -0.1) is 0 Å². The van der Waals surface area contributed by atoms with E-state index in [0.29, 0.717) is 0 Å². The molecule has 0 radical (unpaired) electrons. The van der Waals surface area contributed by atoms with Crippen molar-refractivity contribution in [2.75, 3.05) is 18.5 Å². The van der Waals surface area contributed by atoms with Crippen molar-refractivity contribution in [1.29, 1.82) is 0 Å². The molecule has 0 unspecified atom stereocenters. The molecule has 72 valence electrons. The van der Waals surface area contributed by atoms with Gasteiger partial charge in [-0.2, -0.15) is 4.98 Å². The first kappa shape index (κ1) is 10.7. The molecule has 0 amide bonds. The number of aromatic nitrogens is 2. The Morgan fingerprint density at radius 3 is 2.92 bits per heavy atom. The van der Waals surface area contributed by atoms with E-state index in [1.54, 1.807) is 6.20 Å². The number of halogens is 2. The van der Waals surface area contributed by atoms with Gasteiger partial charge in [-0.3, -0.25) is 0 Å². The summed E-state index contributed by atoms with van der Waals surface area (Å²) in [6.07, 6.45) is 2.74. The maximum absolute atomic E-state index is 5.69. The summed E-state index contributed by atoms with van der Waals surface area (Å²) < 4.78 is 0.868. The third-order valence-corrected chi connectivity index (χ3v) is 2.36. The zero-order valence-corrected chi connectivity index (χ0v) is 9.93. The fourth-order valence-corrected chi connectivity index (χ4v) is 1.67. The highest BCUT2D eigenvalue weighted by atomic mass is 79.9. The van der Waals surface area contributed by atoms with Gasteiger partial charge in [0.05, 0.1) is 4.47 Å². The summed E-state index contributed by atoms with van der Waals surface area (Å²) in [4.78, 5) is 10.0. The fourth-order valence-electron chi connectivity index (χ4n) is 1.05. The molecule has 0 aromatic carbocycles. The molecule has 0 aliphatic rings. The highest BCUT2D eigenvalue weighted by molar-refractivity contribution is 9.10. The predicted octanol–water partition coefficient (Wildman–Crippen LogP) is 2.74. The SMILES string of the molecule is CCCN(C)c1nc(Cl)ncc1Br. The van der Waals surface area contributed by atoms with Gasteiger partial charge >= 0.3 is 0 Å². The van der Waals surface area contributed by atoms with Crippen LogP contribution in [0.2, 0.25) is 5.28 Å². The van der Waals surface area contributed by atoms with Crippen molar-refractivity contribution < 1.29 is 0 Å². The average molecular weight is 265 g/mol. The molecular formula is C8H11BrClN3. The van der Waals surface area contributed by atoms with E-state index in [-0.39, 0.29) is 5.28 Å². The molecule has 0 spiro atoms. The highest BCUT2D eigenvalue weighted by Gasteiger charge is 2.07. The van der Waals surface area contributed by atoms with Crippen LogP contribution in [0.4, 0.5) is 5.82 Å². The zero-order chi connectivity index (χ0) is 9.84. The van der Waals surface area contributed by atoms with Gasteiger partial charge in [0.1, 0.15) is 5.82 Å². The minimum absolute atomic E-state index is 0.279. The van der Waals surface area contributed by atoms with E-state index in [2.05, 4.69) is 32.8 Å². The zero-order valence-electron chi connectivity index (χ0n) is 7.59. The molecule has 3 nitrogen and oxygen atoms in total. The second-order valence-corrected chi connectivity index (χ2v) is 3.92. The van der Waals surface area contributed by atoms with Gasteiger partial charge in [0, 0.05) is 19.8 Å². The largest absolute Gasteiger partial charge is 0.359 e. The van der Waals surface area contributed by atoms with Crippen molar-refractivity contribution >= 4 is 33.3 Å². The fraction of sp³-hybridized carbons (Fsp3) is 0.500. The van der Waals surface area contributed by atoms with E-state index >= 15 is 0 Å². The predicted molar refractivity (Wildman–Crippen MR) is 58.3 cm³/mol. The lowest BCUT2D eigenvalue weighted by Gasteiger charge is -2.17. The monoisotopic (exact) mass is 263 g/mol. The molecule has 5 heteroatoms. The molecule has 1 rings (SSSR count). The smallest absolute Gasteiger partial charge is 0.224 e. The molecule has 0 aliphatic heterocycles. The summed E-state index contributed by atoms with van der Waals surface area (Å²) in [7, 11) is 1.98. The van der Waals surface area contributed by atoms with Crippen molar-refractivity contribution in [3.8, 4) is 0 Å². The van der Waals surface area contributed by atoms with Gasteiger partial charge in [-0.1, -0.05) is 6.92 Å². The van der Waals surface area contributed by atoms with E-state index in [4.69, 9.17) is 11.6 Å². The van der Waals surface area contributed by atoms with Gasteiger partial charge in [-0.25, -0.2) is 4.98 Å². The first-order chi connectivity index (χ1) is 6.15. The summed E-state index contributed by atoms with van der Waals surface area (Å²) in [5, 5.41) is 0.279. The van der Waals surface area contributed by atoms with Crippen LogP contribution in [0.5, 0.6) is 0 Å². The Morgan fingerprint density at radius 2 is 2.31 bits per heavy atom. The summed E-state index contributed by atoms with van der Waals surface area (Å²) in [5.41, 5.74) is 0. The molecule has 0 saturated heterocycles. The summed E-state index contributed by atoms with van der Waals surface area (Å²) in [6, 6.07) is 0. The maximum atomic E-state index is 5.69. The molecule has 1 aromatic heterocycles. The van der Waals surface area contributed by atoms with Crippen LogP contribution >= 0.6 is 27.5 Å². The summed E-state index contributed by atoms with van der Waals surface area (Å²) in [6.45, 7) is 3.07. The topological polar surface area (TPSA) is 29.0 Å². The van der Waals surface area contributed by atoms with E-state index in [1.807, 2.05) is 11.9 Å².